The molecule has 2 N–H and O–H groups in total. The summed E-state index contributed by atoms with van der Waals surface area (Å²) in [5.74, 6) is -0.136. The summed E-state index contributed by atoms with van der Waals surface area (Å²) in [4.78, 5) is 13.5. The first-order valence-corrected chi connectivity index (χ1v) is 6.46. The molecule has 19 heavy (non-hydrogen) atoms. The number of aromatic nitrogens is 2. The zero-order valence-electron chi connectivity index (χ0n) is 11.3. The van der Waals surface area contributed by atoms with Crippen molar-refractivity contribution >= 4 is 5.91 Å². The number of carbonyl (C=O) groups is 1. The highest BCUT2D eigenvalue weighted by molar-refractivity contribution is 5.76. The monoisotopic (exact) mass is 268 g/mol. The van der Waals surface area contributed by atoms with E-state index in [4.69, 9.17) is 0 Å². The third kappa shape index (κ3) is 3.51. The molecule has 2 heterocycles. The van der Waals surface area contributed by atoms with Gasteiger partial charge >= 0.3 is 0 Å². The van der Waals surface area contributed by atoms with E-state index in [2.05, 4.69) is 25.2 Å². The predicted molar refractivity (Wildman–Crippen MR) is 67.2 cm³/mol. The van der Waals surface area contributed by atoms with E-state index in [9.17, 15) is 9.90 Å². The molecule has 7 nitrogen and oxygen atoms in total. The smallest absolute Gasteiger partial charge is 0.222 e. The van der Waals surface area contributed by atoms with Gasteiger partial charge in [-0.05, 0) is 26.3 Å². The van der Waals surface area contributed by atoms with Crippen LogP contribution < -0.4 is 5.32 Å². The minimum absolute atomic E-state index is 0.135. The number of aryl methyl sites for hydroxylation is 1. The van der Waals surface area contributed by atoms with Gasteiger partial charge in [0.15, 0.2) is 0 Å². The van der Waals surface area contributed by atoms with Gasteiger partial charge in [-0.3, -0.25) is 9.69 Å². The average Bonchev–Trinajstić information content (AvgIpc) is 2.74. The van der Waals surface area contributed by atoms with Gasteiger partial charge in [-0.25, -0.2) is 4.63 Å². The molecule has 106 valence electrons. The van der Waals surface area contributed by atoms with Gasteiger partial charge in [0.25, 0.3) is 0 Å². The van der Waals surface area contributed by atoms with E-state index in [1.807, 2.05) is 6.92 Å². The third-order valence-electron chi connectivity index (χ3n) is 3.52. The SMILES string of the molecule is CNC(=O)CC1(O)CCCN(Cc2nonc2C)C1. The van der Waals surface area contributed by atoms with Crippen LogP contribution in [0.2, 0.25) is 0 Å². The van der Waals surface area contributed by atoms with Gasteiger partial charge in [-0.1, -0.05) is 10.3 Å². The van der Waals surface area contributed by atoms with E-state index in [-0.39, 0.29) is 12.3 Å². The molecule has 0 aliphatic carbocycles. The summed E-state index contributed by atoms with van der Waals surface area (Å²) in [6, 6.07) is 0. The van der Waals surface area contributed by atoms with E-state index in [1.54, 1.807) is 7.05 Å². The first-order chi connectivity index (χ1) is 9.02. The van der Waals surface area contributed by atoms with E-state index < -0.39 is 5.60 Å². The van der Waals surface area contributed by atoms with Gasteiger partial charge in [-0.2, -0.15) is 0 Å². The number of carbonyl (C=O) groups excluding carboxylic acids is 1. The number of β-amino-alcohol motifs (C(OH)–C–C–N with tert-alkyl or cyclic N) is 1. The Morgan fingerprint density at radius 3 is 3.00 bits per heavy atom. The number of hydrogen-bond donors (Lipinski definition) is 2. The molecule has 1 fully saturated rings. The Bertz CT molecular complexity index is 448. The Hall–Kier alpha value is -1.47. The van der Waals surface area contributed by atoms with Crippen molar-refractivity contribution in [2.75, 3.05) is 20.1 Å². The lowest BCUT2D eigenvalue weighted by Crippen LogP contribution is -2.50. The zero-order chi connectivity index (χ0) is 13.9. The van der Waals surface area contributed by atoms with Crippen molar-refractivity contribution in [3.63, 3.8) is 0 Å². The van der Waals surface area contributed by atoms with Crippen molar-refractivity contribution in [2.24, 2.45) is 0 Å². The van der Waals surface area contributed by atoms with E-state index in [1.165, 1.54) is 0 Å². The minimum Gasteiger partial charge on any atom is -0.388 e. The third-order valence-corrected chi connectivity index (χ3v) is 3.52. The van der Waals surface area contributed by atoms with Crippen LogP contribution in [0, 0.1) is 6.92 Å². The van der Waals surface area contributed by atoms with Crippen LogP contribution in [0.5, 0.6) is 0 Å². The molecule has 1 saturated heterocycles. The molecule has 1 aromatic heterocycles. The van der Waals surface area contributed by atoms with Crippen molar-refractivity contribution in [1.29, 1.82) is 0 Å². The van der Waals surface area contributed by atoms with Crippen molar-refractivity contribution < 1.29 is 14.5 Å². The molecule has 1 aromatic rings. The fourth-order valence-corrected chi connectivity index (χ4v) is 2.48. The standard InChI is InChI=1S/C12H20N4O3/c1-9-10(15-19-14-9)7-16-5-3-4-12(18,8-16)6-11(17)13-2/h18H,3-8H2,1-2H3,(H,13,17). The predicted octanol–water partition coefficient (Wildman–Crippen LogP) is -0.159. The number of rotatable bonds is 4. The Morgan fingerprint density at radius 2 is 2.37 bits per heavy atom. The molecule has 0 radical (unpaired) electrons. The maximum absolute atomic E-state index is 11.4. The van der Waals surface area contributed by atoms with Crippen molar-refractivity contribution in [2.45, 2.75) is 38.3 Å². The molecule has 1 aliphatic rings. The first-order valence-electron chi connectivity index (χ1n) is 6.46. The highest BCUT2D eigenvalue weighted by atomic mass is 16.6. The fraction of sp³-hybridized carbons (Fsp3) is 0.750. The maximum Gasteiger partial charge on any atom is 0.222 e. The number of nitrogens with one attached hydrogen (secondary N) is 1. The summed E-state index contributed by atoms with van der Waals surface area (Å²) >= 11 is 0. The van der Waals surface area contributed by atoms with Crippen LogP contribution in [-0.2, 0) is 11.3 Å². The van der Waals surface area contributed by atoms with Crippen LogP contribution in [0.1, 0.15) is 30.7 Å². The van der Waals surface area contributed by atoms with Gasteiger partial charge in [-0.15, -0.1) is 0 Å². The van der Waals surface area contributed by atoms with Gasteiger partial charge in [0.2, 0.25) is 5.91 Å². The molecular formula is C12H20N4O3. The van der Waals surface area contributed by atoms with Crippen LogP contribution >= 0.6 is 0 Å². The quantitative estimate of drug-likeness (QED) is 0.788. The second-order valence-corrected chi connectivity index (χ2v) is 5.18. The zero-order valence-corrected chi connectivity index (χ0v) is 11.3. The van der Waals surface area contributed by atoms with E-state index in [0.29, 0.717) is 19.5 Å². The van der Waals surface area contributed by atoms with Crippen LogP contribution in [0.4, 0.5) is 0 Å². The van der Waals surface area contributed by atoms with Crippen molar-refractivity contribution in [3.8, 4) is 0 Å². The highest BCUT2D eigenvalue weighted by Gasteiger charge is 2.35. The number of nitrogens with zero attached hydrogens (tertiary/aromatic N) is 3. The van der Waals surface area contributed by atoms with Crippen molar-refractivity contribution in [1.82, 2.24) is 20.5 Å². The normalized spacial score (nSPS) is 24.4. The molecule has 2 rings (SSSR count). The molecule has 0 aromatic carbocycles. The number of hydrogen-bond acceptors (Lipinski definition) is 6. The van der Waals surface area contributed by atoms with Crippen LogP contribution in [0.25, 0.3) is 0 Å². The summed E-state index contributed by atoms with van der Waals surface area (Å²) in [7, 11) is 1.58. The van der Waals surface area contributed by atoms with Gasteiger partial charge in [0.1, 0.15) is 11.4 Å². The van der Waals surface area contributed by atoms with Gasteiger partial charge < -0.3 is 10.4 Å². The lowest BCUT2D eigenvalue weighted by atomic mass is 9.89. The van der Waals surface area contributed by atoms with Gasteiger partial charge in [0, 0.05) is 20.1 Å². The Kier molecular flexibility index (Phi) is 4.16. The number of likely N-dealkylation sites (tertiary alicyclic amines) is 1. The molecule has 1 amide bonds. The number of piperidine rings is 1. The summed E-state index contributed by atoms with van der Waals surface area (Å²) in [6.07, 6.45) is 1.64. The molecule has 0 bridgehead atoms. The van der Waals surface area contributed by atoms with Crippen molar-refractivity contribution in [3.05, 3.63) is 11.4 Å². The largest absolute Gasteiger partial charge is 0.388 e. The molecule has 1 unspecified atom stereocenters. The summed E-state index contributed by atoms with van der Waals surface area (Å²) in [6.45, 7) is 3.77. The topological polar surface area (TPSA) is 91.5 Å². The Morgan fingerprint density at radius 1 is 1.58 bits per heavy atom. The van der Waals surface area contributed by atoms with E-state index >= 15 is 0 Å². The molecule has 7 heteroatoms. The second-order valence-electron chi connectivity index (χ2n) is 5.18. The fourth-order valence-electron chi connectivity index (χ4n) is 2.48. The molecule has 1 atom stereocenters. The molecule has 0 spiro atoms. The number of amides is 1. The van der Waals surface area contributed by atoms with Crippen LogP contribution in [0.15, 0.2) is 4.63 Å². The molecular weight excluding hydrogens is 248 g/mol. The summed E-state index contributed by atoms with van der Waals surface area (Å²) in [5.41, 5.74) is 0.591. The van der Waals surface area contributed by atoms with Crippen LogP contribution in [-0.4, -0.2) is 52.0 Å². The van der Waals surface area contributed by atoms with E-state index in [0.717, 1.165) is 24.4 Å². The van der Waals surface area contributed by atoms with Crippen LogP contribution in [0.3, 0.4) is 0 Å². The summed E-state index contributed by atoms with van der Waals surface area (Å²) in [5, 5.41) is 20.6. The minimum atomic E-state index is -0.955. The molecule has 1 aliphatic heterocycles. The second kappa shape index (κ2) is 5.66. The lowest BCUT2D eigenvalue weighted by Gasteiger charge is -2.38. The highest BCUT2D eigenvalue weighted by Crippen LogP contribution is 2.25. The Balaban J connectivity index is 1.97. The molecule has 0 saturated carbocycles. The Labute approximate surface area is 111 Å². The first kappa shape index (κ1) is 14.0. The lowest BCUT2D eigenvalue weighted by molar-refractivity contribution is -0.128. The number of aliphatic hydroxyl groups is 1. The summed E-state index contributed by atoms with van der Waals surface area (Å²) < 4.78 is 4.67. The average molecular weight is 268 g/mol. The van der Waals surface area contributed by atoms with Gasteiger partial charge in [0.05, 0.1) is 12.0 Å². The maximum atomic E-state index is 11.4.